The first kappa shape index (κ1) is 23.1. The molecule has 8 nitrogen and oxygen atoms in total. The third-order valence-electron chi connectivity index (χ3n) is 4.87. The number of hydrazone groups is 1. The predicted molar refractivity (Wildman–Crippen MR) is 126 cm³/mol. The summed E-state index contributed by atoms with van der Waals surface area (Å²) >= 11 is 0. The highest BCUT2D eigenvalue weighted by molar-refractivity contribution is 7.92. The molecule has 0 saturated heterocycles. The lowest BCUT2D eigenvalue weighted by Gasteiger charge is -2.23. The first-order valence-corrected chi connectivity index (χ1v) is 11.6. The van der Waals surface area contributed by atoms with E-state index in [-0.39, 0.29) is 0 Å². The molecule has 0 aliphatic carbocycles. The number of anilines is 1. The molecule has 0 aliphatic heterocycles. The number of sulfonamides is 1. The molecule has 0 spiro atoms. The largest absolute Gasteiger partial charge is 0.493 e. The lowest BCUT2D eigenvalue weighted by molar-refractivity contribution is -0.119. The molecule has 32 heavy (non-hydrogen) atoms. The van der Waals surface area contributed by atoms with Gasteiger partial charge >= 0.3 is 0 Å². The van der Waals surface area contributed by atoms with Crippen LogP contribution < -0.4 is 19.2 Å². The number of nitrogens with one attached hydrogen (secondary N) is 1. The number of rotatable bonds is 8. The standard InChI is InChI=1S/C23H25N3O5S/c1-16(18-12-13-21(30-2)22(14-18)31-3)24-25-23(27)15-26(32(4,28)29)20-11-7-9-17-8-5-6-10-19(17)20/h5-14H,15H2,1-4H3,(H,25,27)/b24-16-. The SMILES string of the molecule is COc1ccc(/C(C)=N\NC(=O)CN(c2cccc3ccccc23)S(C)(=O)=O)cc1OC. The topological polar surface area (TPSA) is 97.3 Å². The van der Waals surface area contributed by atoms with Crippen LogP contribution in [0.15, 0.2) is 65.8 Å². The van der Waals surface area contributed by atoms with Crippen LogP contribution in [0.4, 0.5) is 5.69 Å². The summed E-state index contributed by atoms with van der Waals surface area (Å²) < 4.78 is 36.6. The Hall–Kier alpha value is -3.59. The van der Waals surface area contributed by atoms with Crippen LogP contribution in [-0.4, -0.2) is 47.1 Å². The van der Waals surface area contributed by atoms with Gasteiger partial charge in [-0.15, -0.1) is 0 Å². The second kappa shape index (κ2) is 9.69. The van der Waals surface area contributed by atoms with Gasteiger partial charge in [-0.05, 0) is 36.6 Å². The van der Waals surface area contributed by atoms with Crippen molar-refractivity contribution in [3.8, 4) is 11.5 Å². The summed E-state index contributed by atoms with van der Waals surface area (Å²) in [5.74, 6) is 0.542. The zero-order chi connectivity index (χ0) is 23.3. The molecule has 0 radical (unpaired) electrons. The van der Waals surface area contributed by atoms with Crippen LogP contribution in [0.2, 0.25) is 0 Å². The number of hydrogen-bond acceptors (Lipinski definition) is 6. The van der Waals surface area contributed by atoms with Gasteiger partial charge in [0, 0.05) is 10.9 Å². The fraction of sp³-hybridized carbons (Fsp3) is 0.217. The van der Waals surface area contributed by atoms with Crippen LogP contribution in [0.5, 0.6) is 11.5 Å². The Morgan fingerprint density at radius 2 is 1.69 bits per heavy atom. The van der Waals surface area contributed by atoms with Gasteiger partial charge in [-0.2, -0.15) is 5.10 Å². The monoisotopic (exact) mass is 455 g/mol. The van der Waals surface area contributed by atoms with E-state index in [0.717, 1.165) is 26.9 Å². The Morgan fingerprint density at radius 3 is 2.38 bits per heavy atom. The molecular weight excluding hydrogens is 430 g/mol. The minimum absolute atomic E-state index is 0.407. The molecule has 3 rings (SSSR count). The van der Waals surface area contributed by atoms with E-state index in [1.807, 2.05) is 30.3 Å². The highest BCUT2D eigenvalue weighted by Gasteiger charge is 2.22. The van der Waals surface area contributed by atoms with Crippen LogP contribution in [0.1, 0.15) is 12.5 Å². The van der Waals surface area contributed by atoms with E-state index in [0.29, 0.717) is 22.9 Å². The first-order chi connectivity index (χ1) is 15.2. The number of benzene rings is 3. The van der Waals surface area contributed by atoms with Gasteiger partial charge in [0.05, 0.1) is 31.9 Å². The van der Waals surface area contributed by atoms with Crippen LogP contribution in [0, 0.1) is 0 Å². The van der Waals surface area contributed by atoms with Crippen molar-refractivity contribution >= 4 is 38.1 Å². The third kappa shape index (κ3) is 5.17. The molecule has 0 atom stereocenters. The summed E-state index contributed by atoms with van der Waals surface area (Å²) in [7, 11) is -0.644. The van der Waals surface area contributed by atoms with Crippen LogP contribution in [-0.2, 0) is 14.8 Å². The van der Waals surface area contributed by atoms with Crippen LogP contribution >= 0.6 is 0 Å². The molecule has 0 fully saturated rings. The van der Waals surface area contributed by atoms with E-state index in [4.69, 9.17) is 9.47 Å². The van der Waals surface area contributed by atoms with Crippen molar-refractivity contribution < 1.29 is 22.7 Å². The molecule has 0 unspecified atom stereocenters. The van der Waals surface area contributed by atoms with Gasteiger partial charge in [-0.1, -0.05) is 36.4 Å². The third-order valence-corrected chi connectivity index (χ3v) is 6.00. The Morgan fingerprint density at radius 1 is 1.00 bits per heavy atom. The van der Waals surface area contributed by atoms with Gasteiger partial charge in [0.15, 0.2) is 11.5 Å². The molecule has 3 aromatic rings. The smallest absolute Gasteiger partial charge is 0.260 e. The van der Waals surface area contributed by atoms with Crippen molar-refractivity contribution in [2.45, 2.75) is 6.92 Å². The predicted octanol–water partition coefficient (Wildman–Crippen LogP) is 3.16. The fourth-order valence-electron chi connectivity index (χ4n) is 3.24. The van der Waals surface area contributed by atoms with E-state index in [1.54, 1.807) is 44.4 Å². The van der Waals surface area contributed by atoms with Gasteiger partial charge < -0.3 is 9.47 Å². The molecule has 1 N–H and O–H groups in total. The second-order valence-electron chi connectivity index (χ2n) is 7.07. The number of ether oxygens (including phenoxy) is 2. The van der Waals surface area contributed by atoms with Gasteiger partial charge in [-0.25, -0.2) is 13.8 Å². The minimum atomic E-state index is -3.72. The van der Waals surface area contributed by atoms with Crippen LogP contribution in [0.3, 0.4) is 0 Å². The molecular formula is C23H25N3O5S. The summed E-state index contributed by atoms with van der Waals surface area (Å²) in [5, 5.41) is 5.73. The van der Waals surface area contributed by atoms with Gasteiger partial charge in [0.2, 0.25) is 10.0 Å². The Kier molecular flexibility index (Phi) is 6.99. The van der Waals surface area contributed by atoms with Gasteiger partial charge in [-0.3, -0.25) is 9.10 Å². The second-order valence-corrected chi connectivity index (χ2v) is 8.98. The average Bonchev–Trinajstić information content (AvgIpc) is 2.79. The molecule has 0 aliphatic rings. The van der Waals surface area contributed by atoms with Crippen molar-refractivity contribution in [1.82, 2.24) is 5.43 Å². The Balaban J connectivity index is 1.82. The van der Waals surface area contributed by atoms with Crippen molar-refractivity contribution in [3.63, 3.8) is 0 Å². The summed E-state index contributed by atoms with van der Waals surface area (Å²) in [6, 6.07) is 18.0. The van der Waals surface area contributed by atoms with E-state index < -0.39 is 22.5 Å². The fourth-order valence-corrected chi connectivity index (χ4v) is 4.11. The molecule has 9 heteroatoms. The zero-order valence-electron chi connectivity index (χ0n) is 18.3. The lowest BCUT2D eigenvalue weighted by Crippen LogP contribution is -2.39. The van der Waals surface area contributed by atoms with Gasteiger partial charge in [0.25, 0.3) is 5.91 Å². The summed E-state index contributed by atoms with van der Waals surface area (Å²) in [4.78, 5) is 12.6. The number of fused-ring (bicyclic) bond motifs is 1. The van der Waals surface area contributed by atoms with Gasteiger partial charge in [0.1, 0.15) is 6.54 Å². The van der Waals surface area contributed by atoms with E-state index >= 15 is 0 Å². The lowest BCUT2D eigenvalue weighted by atomic mass is 10.1. The minimum Gasteiger partial charge on any atom is -0.493 e. The van der Waals surface area contributed by atoms with Crippen molar-refractivity contribution in [2.75, 3.05) is 31.3 Å². The maximum absolute atomic E-state index is 12.6. The molecule has 0 saturated carbocycles. The Bertz CT molecular complexity index is 1270. The number of carbonyl (C=O) groups excluding carboxylic acids is 1. The highest BCUT2D eigenvalue weighted by Crippen LogP contribution is 2.29. The van der Waals surface area contributed by atoms with E-state index in [1.165, 1.54) is 7.11 Å². The van der Waals surface area contributed by atoms with E-state index in [9.17, 15) is 13.2 Å². The molecule has 3 aromatic carbocycles. The maximum Gasteiger partial charge on any atom is 0.260 e. The number of nitrogens with zero attached hydrogens (tertiary/aromatic N) is 2. The maximum atomic E-state index is 12.6. The van der Waals surface area contributed by atoms with Crippen LogP contribution in [0.25, 0.3) is 10.8 Å². The van der Waals surface area contributed by atoms with Crippen molar-refractivity contribution in [1.29, 1.82) is 0 Å². The number of amides is 1. The molecule has 0 heterocycles. The number of carbonyl (C=O) groups is 1. The average molecular weight is 456 g/mol. The molecule has 1 amide bonds. The first-order valence-electron chi connectivity index (χ1n) is 9.75. The van der Waals surface area contributed by atoms with Crippen molar-refractivity contribution in [2.24, 2.45) is 5.10 Å². The molecule has 0 aromatic heterocycles. The quantitative estimate of drug-likeness (QED) is 0.416. The molecule has 168 valence electrons. The summed E-state index contributed by atoms with van der Waals surface area (Å²) in [5.41, 5.74) is 4.11. The highest BCUT2D eigenvalue weighted by atomic mass is 32.2. The summed E-state index contributed by atoms with van der Waals surface area (Å²) in [6.07, 6.45) is 1.07. The Labute approximate surface area is 187 Å². The number of hydrogen-bond donors (Lipinski definition) is 1. The molecule has 0 bridgehead atoms. The van der Waals surface area contributed by atoms with Crippen molar-refractivity contribution in [3.05, 3.63) is 66.2 Å². The summed E-state index contributed by atoms with van der Waals surface area (Å²) in [6.45, 7) is 1.32. The van der Waals surface area contributed by atoms with E-state index in [2.05, 4.69) is 10.5 Å². The number of methoxy groups -OCH3 is 2. The normalized spacial score (nSPS) is 11.8. The zero-order valence-corrected chi connectivity index (χ0v) is 19.1.